The average Bonchev–Trinajstić information content (AvgIpc) is 3.14. The fourth-order valence-corrected chi connectivity index (χ4v) is 5.91. The second-order valence-corrected chi connectivity index (χ2v) is 8.96. The third-order valence-corrected chi connectivity index (χ3v) is 6.85. The van der Waals surface area contributed by atoms with Crippen LogP contribution in [0.3, 0.4) is 0 Å². The molecule has 1 saturated carbocycles. The molecular formula is C14H17NO3S2. The molecule has 1 N–H and O–H groups in total. The van der Waals surface area contributed by atoms with Crippen LogP contribution < -0.4 is 5.32 Å². The van der Waals surface area contributed by atoms with Gasteiger partial charge in [0, 0.05) is 16.2 Å². The van der Waals surface area contributed by atoms with Crippen LogP contribution in [0.4, 0.5) is 0 Å². The molecule has 0 radical (unpaired) electrons. The molecule has 1 atom stereocenters. The minimum atomic E-state index is -2.88. The Morgan fingerprint density at radius 3 is 2.60 bits per heavy atom. The van der Waals surface area contributed by atoms with Gasteiger partial charge in [-0.3, -0.25) is 4.79 Å². The molecule has 3 rings (SSSR count). The molecule has 4 nitrogen and oxygen atoms in total. The van der Waals surface area contributed by atoms with Crippen LogP contribution in [-0.2, 0) is 9.84 Å². The van der Waals surface area contributed by atoms with Gasteiger partial charge in [-0.2, -0.15) is 0 Å². The first-order chi connectivity index (χ1) is 9.53. The summed E-state index contributed by atoms with van der Waals surface area (Å²) in [4.78, 5) is 13.1. The summed E-state index contributed by atoms with van der Waals surface area (Å²) < 4.78 is 23.0. The minimum absolute atomic E-state index is 0.0449. The van der Waals surface area contributed by atoms with Crippen LogP contribution in [0.15, 0.2) is 29.2 Å². The van der Waals surface area contributed by atoms with Crippen LogP contribution in [0.1, 0.15) is 29.6 Å². The molecule has 1 saturated heterocycles. The van der Waals surface area contributed by atoms with E-state index in [0.717, 1.165) is 17.7 Å². The molecule has 2 fully saturated rings. The summed E-state index contributed by atoms with van der Waals surface area (Å²) in [5, 5.41) is 3.05. The monoisotopic (exact) mass is 311 g/mol. The van der Waals surface area contributed by atoms with E-state index in [1.54, 1.807) is 0 Å². The van der Waals surface area contributed by atoms with Crippen molar-refractivity contribution >= 4 is 27.5 Å². The predicted octanol–water partition coefficient (Wildman–Crippen LogP) is 1.86. The van der Waals surface area contributed by atoms with Gasteiger partial charge in [0.1, 0.15) is 0 Å². The number of nitrogens with one attached hydrogen (secondary N) is 1. The van der Waals surface area contributed by atoms with Gasteiger partial charge in [0.25, 0.3) is 5.91 Å². The maximum absolute atomic E-state index is 12.2. The van der Waals surface area contributed by atoms with E-state index >= 15 is 0 Å². The molecule has 108 valence electrons. The number of hydrogen-bond donors (Lipinski definition) is 1. The summed E-state index contributed by atoms with van der Waals surface area (Å²) in [6.07, 6.45) is 2.79. The quantitative estimate of drug-likeness (QED) is 0.922. The zero-order valence-corrected chi connectivity index (χ0v) is 12.7. The highest BCUT2D eigenvalue weighted by molar-refractivity contribution is 8.02. The molecular weight excluding hydrogens is 294 g/mol. The maximum atomic E-state index is 12.2. The second-order valence-electron chi connectivity index (χ2n) is 5.39. The van der Waals surface area contributed by atoms with E-state index in [0.29, 0.717) is 18.0 Å². The number of carbonyl (C=O) groups is 1. The van der Waals surface area contributed by atoms with Crippen LogP contribution in [0.2, 0.25) is 0 Å². The molecule has 1 aromatic carbocycles. The lowest BCUT2D eigenvalue weighted by Crippen LogP contribution is -2.26. The first-order valence-electron chi connectivity index (χ1n) is 6.80. The zero-order chi connectivity index (χ0) is 14.2. The Bertz CT molecular complexity index is 623. The predicted molar refractivity (Wildman–Crippen MR) is 79.8 cm³/mol. The maximum Gasteiger partial charge on any atom is 0.252 e. The highest BCUT2D eigenvalue weighted by Crippen LogP contribution is 2.33. The van der Waals surface area contributed by atoms with Gasteiger partial charge in [-0.15, -0.1) is 11.8 Å². The van der Waals surface area contributed by atoms with Crippen molar-refractivity contribution in [3.05, 3.63) is 29.8 Å². The summed E-state index contributed by atoms with van der Waals surface area (Å²) in [7, 11) is -2.88. The summed E-state index contributed by atoms with van der Waals surface area (Å²) in [5.41, 5.74) is 0.661. The van der Waals surface area contributed by atoms with Crippen LogP contribution in [-0.4, -0.2) is 37.1 Å². The highest BCUT2D eigenvalue weighted by Gasteiger charge is 2.30. The molecule has 0 unspecified atom stereocenters. The van der Waals surface area contributed by atoms with E-state index in [9.17, 15) is 13.2 Å². The third-order valence-electron chi connectivity index (χ3n) is 3.53. The Kier molecular flexibility index (Phi) is 3.77. The zero-order valence-electron chi connectivity index (χ0n) is 11.0. The number of thioether (sulfide) groups is 1. The SMILES string of the molecule is O=C(NC1CC1)c1ccccc1S[C@@H]1CCS(=O)(=O)C1. The number of carbonyl (C=O) groups excluding carboxylic acids is 1. The van der Waals surface area contributed by atoms with Crippen molar-refractivity contribution in [2.24, 2.45) is 0 Å². The van der Waals surface area contributed by atoms with Gasteiger partial charge in [-0.25, -0.2) is 8.42 Å². The minimum Gasteiger partial charge on any atom is -0.349 e. The Hall–Kier alpha value is -1.01. The van der Waals surface area contributed by atoms with Crippen LogP contribution in [0.25, 0.3) is 0 Å². The van der Waals surface area contributed by atoms with Gasteiger partial charge in [-0.05, 0) is 31.4 Å². The number of amides is 1. The number of hydrogen-bond acceptors (Lipinski definition) is 4. The van der Waals surface area contributed by atoms with Crippen molar-refractivity contribution in [3.63, 3.8) is 0 Å². The number of benzene rings is 1. The van der Waals surface area contributed by atoms with Gasteiger partial charge in [0.15, 0.2) is 9.84 Å². The molecule has 6 heteroatoms. The van der Waals surface area contributed by atoms with E-state index in [2.05, 4.69) is 5.32 Å². The molecule has 2 aliphatic rings. The van der Waals surface area contributed by atoms with Crippen molar-refractivity contribution in [1.82, 2.24) is 5.32 Å². The van der Waals surface area contributed by atoms with Crippen LogP contribution in [0, 0.1) is 0 Å². The lowest BCUT2D eigenvalue weighted by Gasteiger charge is -2.12. The van der Waals surface area contributed by atoms with Crippen molar-refractivity contribution in [2.45, 2.75) is 35.4 Å². The summed E-state index contributed by atoms with van der Waals surface area (Å²) in [5.74, 6) is 0.439. The molecule has 0 spiro atoms. The molecule has 1 heterocycles. The first kappa shape index (κ1) is 13.9. The Balaban J connectivity index is 1.74. The van der Waals surface area contributed by atoms with Gasteiger partial charge < -0.3 is 5.32 Å². The Morgan fingerprint density at radius 1 is 1.20 bits per heavy atom. The average molecular weight is 311 g/mol. The van der Waals surface area contributed by atoms with Crippen LogP contribution in [0.5, 0.6) is 0 Å². The molecule has 1 aromatic rings. The Morgan fingerprint density at radius 2 is 1.95 bits per heavy atom. The molecule has 1 aliphatic carbocycles. The van der Waals surface area contributed by atoms with Crippen molar-refractivity contribution < 1.29 is 13.2 Å². The molecule has 0 aromatic heterocycles. The van der Waals surface area contributed by atoms with E-state index in [1.165, 1.54) is 11.8 Å². The number of sulfone groups is 1. The van der Waals surface area contributed by atoms with E-state index < -0.39 is 9.84 Å². The van der Waals surface area contributed by atoms with E-state index in [-0.39, 0.29) is 22.7 Å². The summed E-state index contributed by atoms with van der Waals surface area (Å²) in [6.45, 7) is 0. The van der Waals surface area contributed by atoms with Gasteiger partial charge in [0.05, 0.1) is 17.1 Å². The largest absolute Gasteiger partial charge is 0.349 e. The third kappa shape index (κ3) is 3.35. The van der Waals surface area contributed by atoms with Crippen molar-refractivity contribution in [2.75, 3.05) is 11.5 Å². The van der Waals surface area contributed by atoms with Crippen LogP contribution >= 0.6 is 11.8 Å². The first-order valence-corrected chi connectivity index (χ1v) is 9.50. The highest BCUT2D eigenvalue weighted by atomic mass is 32.2. The van der Waals surface area contributed by atoms with Gasteiger partial charge in [0.2, 0.25) is 0 Å². The van der Waals surface area contributed by atoms with Gasteiger partial charge in [-0.1, -0.05) is 12.1 Å². The van der Waals surface area contributed by atoms with E-state index in [4.69, 9.17) is 0 Å². The van der Waals surface area contributed by atoms with Crippen molar-refractivity contribution in [3.8, 4) is 0 Å². The molecule has 1 aliphatic heterocycles. The molecule has 1 amide bonds. The lowest BCUT2D eigenvalue weighted by molar-refractivity contribution is 0.0948. The normalized spacial score (nSPS) is 24.5. The number of rotatable bonds is 4. The molecule has 0 bridgehead atoms. The topological polar surface area (TPSA) is 63.2 Å². The van der Waals surface area contributed by atoms with Gasteiger partial charge >= 0.3 is 0 Å². The standard InChI is InChI=1S/C14H17NO3S2/c16-14(15-10-5-6-10)12-3-1-2-4-13(12)19-11-7-8-20(17,18)9-11/h1-4,10-11H,5-9H2,(H,15,16)/t11-/m1/s1. The lowest BCUT2D eigenvalue weighted by atomic mass is 10.2. The fraction of sp³-hybridized carbons (Fsp3) is 0.500. The van der Waals surface area contributed by atoms with Crippen molar-refractivity contribution in [1.29, 1.82) is 0 Å². The summed E-state index contributed by atoms with van der Waals surface area (Å²) in [6, 6.07) is 7.77. The smallest absolute Gasteiger partial charge is 0.252 e. The van der Waals surface area contributed by atoms with E-state index in [1.807, 2.05) is 24.3 Å². The fourth-order valence-electron chi connectivity index (χ4n) is 2.28. The summed E-state index contributed by atoms with van der Waals surface area (Å²) >= 11 is 1.52. The second kappa shape index (κ2) is 5.41. The molecule has 20 heavy (non-hydrogen) atoms. The Labute approximate surface area is 123 Å².